The minimum Gasteiger partial charge on any atom is -0.497 e. The van der Waals surface area contributed by atoms with E-state index in [1.807, 2.05) is 30.3 Å². The van der Waals surface area contributed by atoms with Crippen molar-refractivity contribution >= 4 is 11.7 Å². The summed E-state index contributed by atoms with van der Waals surface area (Å²) in [6.45, 7) is 2.48. The van der Waals surface area contributed by atoms with Crippen molar-refractivity contribution in [3.8, 4) is 11.4 Å². The molecule has 0 bridgehead atoms. The lowest BCUT2D eigenvalue weighted by Crippen LogP contribution is -2.55. The molecule has 2 aliphatic heterocycles. The Hall–Kier alpha value is -3.25. The fourth-order valence-electron chi connectivity index (χ4n) is 4.96. The molecule has 0 saturated carbocycles. The number of rotatable bonds is 2. The number of ether oxygens (including phenoxy) is 1. The summed E-state index contributed by atoms with van der Waals surface area (Å²) in [5.41, 5.74) is 3.91. The monoisotopic (exact) mass is 416 g/mol. The predicted octanol–water partition coefficient (Wildman–Crippen LogP) is 4.45. The topological polar surface area (TPSA) is 49.7 Å². The number of para-hydroxylation sites is 1. The average molecular weight is 417 g/mol. The van der Waals surface area contributed by atoms with E-state index < -0.39 is 0 Å². The molecule has 6 heteroatoms. The third-order valence-electron chi connectivity index (χ3n) is 6.72. The first kappa shape index (κ1) is 19.7. The van der Waals surface area contributed by atoms with Gasteiger partial charge in [0.1, 0.15) is 5.75 Å². The van der Waals surface area contributed by atoms with Crippen LogP contribution in [-0.2, 0) is 12.1 Å². The van der Waals surface area contributed by atoms with E-state index in [2.05, 4.69) is 63.3 Å². The van der Waals surface area contributed by atoms with Gasteiger partial charge < -0.3 is 24.4 Å². The van der Waals surface area contributed by atoms with Gasteiger partial charge in [-0.2, -0.15) is 0 Å². The summed E-state index contributed by atoms with van der Waals surface area (Å²) in [5, 5.41) is 3.14. The van der Waals surface area contributed by atoms with Crippen molar-refractivity contribution in [1.29, 1.82) is 0 Å². The summed E-state index contributed by atoms with van der Waals surface area (Å²) in [4.78, 5) is 18.1. The standard InChI is InChI=1S/C25H28N4O2/c1-27-16-13-25(14-17-27)23-8-5-15-28(23)22-7-4-3-6-19(22)18-29(25)24(30)26-20-9-11-21(31-2)12-10-20/h3-12,15H,13-14,16-18H2,1-2H3,(H,26,30). The third-order valence-corrected chi connectivity index (χ3v) is 6.72. The Balaban J connectivity index is 1.57. The number of carbonyl (C=O) groups excluding carboxylic acids is 1. The van der Waals surface area contributed by atoms with E-state index >= 15 is 0 Å². The Morgan fingerprint density at radius 2 is 1.74 bits per heavy atom. The number of benzene rings is 2. The molecule has 1 spiro atoms. The van der Waals surface area contributed by atoms with Crippen molar-refractivity contribution in [2.75, 3.05) is 32.6 Å². The van der Waals surface area contributed by atoms with Crippen LogP contribution in [0.15, 0.2) is 66.9 Å². The van der Waals surface area contributed by atoms with Crippen LogP contribution in [0.25, 0.3) is 5.69 Å². The molecular weight excluding hydrogens is 388 g/mol. The molecular formula is C25H28N4O2. The van der Waals surface area contributed by atoms with Gasteiger partial charge in [-0.3, -0.25) is 0 Å². The van der Waals surface area contributed by atoms with E-state index in [-0.39, 0.29) is 11.6 Å². The highest BCUT2D eigenvalue weighted by Crippen LogP contribution is 2.44. The Labute approximate surface area is 183 Å². The van der Waals surface area contributed by atoms with Gasteiger partial charge in [0.25, 0.3) is 0 Å². The number of urea groups is 1. The van der Waals surface area contributed by atoms with Crippen LogP contribution < -0.4 is 10.1 Å². The molecule has 160 valence electrons. The van der Waals surface area contributed by atoms with Gasteiger partial charge in [0.15, 0.2) is 0 Å². The van der Waals surface area contributed by atoms with Gasteiger partial charge >= 0.3 is 6.03 Å². The Morgan fingerprint density at radius 1 is 1.00 bits per heavy atom. The van der Waals surface area contributed by atoms with Crippen molar-refractivity contribution in [3.63, 3.8) is 0 Å². The predicted molar refractivity (Wildman–Crippen MR) is 122 cm³/mol. The number of aromatic nitrogens is 1. The van der Waals surface area contributed by atoms with Crippen LogP contribution >= 0.6 is 0 Å². The van der Waals surface area contributed by atoms with Crippen molar-refractivity contribution in [3.05, 3.63) is 78.1 Å². The number of likely N-dealkylation sites (tertiary alicyclic amines) is 1. The SMILES string of the molecule is COc1ccc(NC(=O)N2Cc3ccccc3-n3cccc3C23CCN(C)CC3)cc1. The number of fused-ring (bicyclic) bond motifs is 4. The second-order valence-electron chi connectivity index (χ2n) is 8.47. The molecule has 3 heterocycles. The van der Waals surface area contributed by atoms with Gasteiger partial charge in [0, 0.05) is 30.7 Å². The molecule has 2 aliphatic rings. The summed E-state index contributed by atoms with van der Waals surface area (Å²) in [6.07, 6.45) is 3.92. The molecule has 0 atom stereocenters. The minimum atomic E-state index is -0.356. The summed E-state index contributed by atoms with van der Waals surface area (Å²) in [7, 11) is 3.79. The van der Waals surface area contributed by atoms with E-state index in [0.29, 0.717) is 6.54 Å². The number of nitrogens with zero attached hydrogens (tertiary/aromatic N) is 3. The first-order chi connectivity index (χ1) is 15.1. The molecule has 3 aromatic rings. The maximum Gasteiger partial charge on any atom is 0.322 e. The molecule has 1 saturated heterocycles. The highest BCUT2D eigenvalue weighted by Gasteiger charge is 2.46. The lowest BCUT2D eigenvalue weighted by atomic mass is 9.82. The van der Waals surface area contributed by atoms with E-state index in [9.17, 15) is 4.79 Å². The molecule has 0 unspecified atom stereocenters. The minimum absolute atomic E-state index is 0.0702. The number of carbonyl (C=O) groups is 1. The van der Waals surface area contributed by atoms with Gasteiger partial charge in [0.2, 0.25) is 0 Å². The largest absolute Gasteiger partial charge is 0.497 e. The molecule has 1 fully saturated rings. The molecule has 0 radical (unpaired) electrons. The molecule has 6 nitrogen and oxygen atoms in total. The van der Waals surface area contributed by atoms with E-state index in [1.165, 1.54) is 5.69 Å². The molecule has 1 aromatic heterocycles. The Kier molecular flexibility index (Phi) is 4.94. The molecule has 0 aliphatic carbocycles. The van der Waals surface area contributed by atoms with Crippen LogP contribution in [0.4, 0.5) is 10.5 Å². The summed E-state index contributed by atoms with van der Waals surface area (Å²) >= 11 is 0. The zero-order valence-corrected chi connectivity index (χ0v) is 18.0. The quantitative estimate of drug-likeness (QED) is 0.671. The summed E-state index contributed by atoms with van der Waals surface area (Å²) in [6, 6.07) is 20.1. The molecule has 2 amide bonds. The van der Waals surface area contributed by atoms with Gasteiger partial charge in [-0.05, 0) is 67.9 Å². The zero-order chi connectivity index (χ0) is 21.4. The fourth-order valence-corrected chi connectivity index (χ4v) is 4.96. The van der Waals surface area contributed by atoms with Gasteiger partial charge in [-0.25, -0.2) is 4.79 Å². The number of piperidine rings is 1. The molecule has 2 aromatic carbocycles. The van der Waals surface area contributed by atoms with E-state index in [4.69, 9.17) is 4.74 Å². The lowest BCUT2D eigenvalue weighted by molar-refractivity contribution is 0.0491. The number of nitrogens with one attached hydrogen (secondary N) is 1. The average Bonchev–Trinajstić information content (AvgIpc) is 3.26. The normalized spacial score (nSPS) is 17.5. The van der Waals surface area contributed by atoms with Crippen LogP contribution in [0.2, 0.25) is 0 Å². The van der Waals surface area contributed by atoms with Gasteiger partial charge in [0.05, 0.1) is 24.9 Å². The summed E-state index contributed by atoms with van der Waals surface area (Å²) < 4.78 is 7.52. The van der Waals surface area contributed by atoms with Crippen molar-refractivity contribution in [2.45, 2.75) is 24.9 Å². The first-order valence-electron chi connectivity index (χ1n) is 10.8. The Bertz CT molecular complexity index is 1080. The first-order valence-corrected chi connectivity index (χ1v) is 10.8. The number of amides is 2. The number of hydrogen-bond acceptors (Lipinski definition) is 3. The maximum atomic E-state index is 13.7. The van der Waals surface area contributed by atoms with Gasteiger partial charge in [-0.15, -0.1) is 0 Å². The number of methoxy groups -OCH3 is 1. The van der Waals surface area contributed by atoms with Crippen LogP contribution in [-0.4, -0.2) is 47.6 Å². The van der Waals surface area contributed by atoms with Gasteiger partial charge in [-0.1, -0.05) is 18.2 Å². The summed E-state index contributed by atoms with van der Waals surface area (Å²) in [5.74, 6) is 0.770. The smallest absolute Gasteiger partial charge is 0.322 e. The second kappa shape index (κ2) is 7.78. The van der Waals surface area contributed by atoms with E-state index in [1.54, 1.807) is 7.11 Å². The van der Waals surface area contributed by atoms with Crippen molar-refractivity contribution in [1.82, 2.24) is 14.4 Å². The highest BCUT2D eigenvalue weighted by molar-refractivity contribution is 5.90. The van der Waals surface area contributed by atoms with Crippen LogP contribution in [0.5, 0.6) is 5.75 Å². The maximum absolute atomic E-state index is 13.7. The van der Waals surface area contributed by atoms with Crippen molar-refractivity contribution < 1.29 is 9.53 Å². The lowest BCUT2D eigenvalue weighted by Gasteiger charge is -2.47. The number of hydrogen-bond donors (Lipinski definition) is 1. The molecule has 1 N–H and O–H groups in total. The van der Waals surface area contributed by atoms with Crippen molar-refractivity contribution in [2.24, 2.45) is 0 Å². The van der Waals surface area contributed by atoms with E-state index in [0.717, 1.165) is 48.6 Å². The highest BCUT2D eigenvalue weighted by atomic mass is 16.5. The van der Waals surface area contributed by atoms with Crippen LogP contribution in [0.3, 0.4) is 0 Å². The van der Waals surface area contributed by atoms with Crippen LogP contribution in [0.1, 0.15) is 24.1 Å². The Morgan fingerprint density at radius 3 is 2.48 bits per heavy atom. The van der Waals surface area contributed by atoms with Crippen LogP contribution in [0, 0.1) is 0 Å². The molecule has 5 rings (SSSR count). The molecule has 31 heavy (non-hydrogen) atoms. The fraction of sp³-hybridized carbons (Fsp3) is 0.320. The zero-order valence-electron chi connectivity index (χ0n) is 18.0. The second-order valence-corrected chi connectivity index (χ2v) is 8.47. The third kappa shape index (κ3) is 3.37. The number of anilines is 1.